The van der Waals surface area contributed by atoms with Gasteiger partial charge in [0.05, 0.1) is 23.7 Å². The van der Waals surface area contributed by atoms with E-state index in [1.807, 2.05) is 13.8 Å². The molecule has 0 saturated carbocycles. The normalized spacial score (nSPS) is 12.4. The van der Waals surface area contributed by atoms with Gasteiger partial charge in [-0.15, -0.1) is 0 Å². The average Bonchev–Trinajstić information content (AvgIpc) is 2.81. The summed E-state index contributed by atoms with van der Waals surface area (Å²) in [5, 5.41) is 19.0. The van der Waals surface area contributed by atoms with Crippen molar-refractivity contribution in [1.82, 2.24) is 9.97 Å². The molecule has 1 aromatic heterocycles. The molecule has 0 unspecified atom stereocenters. The fourth-order valence-corrected chi connectivity index (χ4v) is 3.34. The molecule has 0 fully saturated rings. The van der Waals surface area contributed by atoms with E-state index < -0.39 is 27.9 Å². The molecule has 11 heteroatoms. The van der Waals surface area contributed by atoms with E-state index in [0.717, 1.165) is 23.5 Å². The van der Waals surface area contributed by atoms with Crippen molar-refractivity contribution in [2.45, 2.75) is 58.5 Å². The topological polar surface area (TPSA) is 147 Å². The Hall–Kier alpha value is -2.89. The summed E-state index contributed by atoms with van der Waals surface area (Å²) in [5.74, 6) is -1.49. The maximum Gasteiger partial charge on any atom is 0.303 e. The fourth-order valence-electron chi connectivity index (χ4n) is 2.96. The molecule has 0 radical (unpaired) electrons. The highest BCUT2D eigenvalue weighted by atomic mass is 32.2. The lowest BCUT2D eigenvalue weighted by Gasteiger charge is -2.20. The Bertz CT molecular complexity index is 1120. The first kappa shape index (κ1) is 31.1. The Labute approximate surface area is 212 Å². The minimum absolute atomic E-state index is 0.0188. The number of hydrogen-bond donors (Lipinski definition) is 3. The molecular formula is C25H37FN4O5S. The van der Waals surface area contributed by atoms with Crippen molar-refractivity contribution in [1.29, 1.82) is 0 Å². The molecule has 36 heavy (non-hydrogen) atoms. The Kier molecular flexibility index (Phi) is 12.6. The standard InChI is InChI=1S/C22H28FN3O5S.C3H9N/c1-14(2)20-18(13-12-17(27)6-5-7-19(28)29)21(15-8-10-16(23)11-9-15)25-22(24-20)26(3)32(4,30)31;1-2-3-4/h8-14,17,27H,5-7H2,1-4H3,(H,28,29);2-4H2,1H3/t17-;/m0./s1. The SMILES string of the molecule is CC(C)c1nc(N(C)S(C)(=O)=O)nc(-c2ccc(F)cc2)c1C=C[C@@H](O)CCCC(=O)O.CCCN. The van der Waals surface area contributed by atoms with Crippen molar-refractivity contribution in [3.8, 4) is 11.3 Å². The Morgan fingerprint density at radius 1 is 1.22 bits per heavy atom. The van der Waals surface area contributed by atoms with Gasteiger partial charge in [-0.3, -0.25) is 4.79 Å². The number of aliphatic carboxylic acids is 1. The monoisotopic (exact) mass is 524 g/mol. The van der Waals surface area contributed by atoms with Gasteiger partial charge in [0, 0.05) is 24.6 Å². The number of rotatable bonds is 11. The van der Waals surface area contributed by atoms with Gasteiger partial charge < -0.3 is 15.9 Å². The van der Waals surface area contributed by atoms with Crippen LogP contribution in [0.25, 0.3) is 17.3 Å². The number of halogens is 1. The number of anilines is 1. The average molecular weight is 525 g/mol. The molecular weight excluding hydrogens is 487 g/mol. The molecule has 0 aliphatic rings. The highest BCUT2D eigenvalue weighted by molar-refractivity contribution is 7.92. The van der Waals surface area contributed by atoms with Crippen LogP contribution in [0, 0.1) is 5.82 Å². The maximum absolute atomic E-state index is 13.5. The van der Waals surface area contributed by atoms with Crippen LogP contribution < -0.4 is 10.0 Å². The molecule has 9 nitrogen and oxygen atoms in total. The van der Waals surface area contributed by atoms with Crippen LogP contribution in [0.2, 0.25) is 0 Å². The first-order valence-electron chi connectivity index (χ1n) is 11.7. The minimum atomic E-state index is -3.62. The second kappa shape index (κ2) is 14.6. The molecule has 4 N–H and O–H groups in total. The third kappa shape index (κ3) is 10.00. The summed E-state index contributed by atoms with van der Waals surface area (Å²) in [4.78, 5) is 19.6. The fraction of sp³-hybridized carbons (Fsp3) is 0.480. The lowest BCUT2D eigenvalue weighted by Crippen LogP contribution is -2.27. The van der Waals surface area contributed by atoms with Crippen molar-refractivity contribution in [3.63, 3.8) is 0 Å². The molecule has 2 aromatic rings. The first-order chi connectivity index (χ1) is 16.8. The van der Waals surface area contributed by atoms with Crippen LogP contribution in [0.15, 0.2) is 30.3 Å². The number of aromatic nitrogens is 2. The van der Waals surface area contributed by atoms with Gasteiger partial charge in [0.15, 0.2) is 0 Å². The molecule has 0 aliphatic carbocycles. The van der Waals surface area contributed by atoms with Gasteiger partial charge in [-0.25, -0.2) is 27.1 Å². The number of carboxylic acids is 1. The number of sulfonamides is 1. The van der Waals surface area contributed by atoms with E-state index in [0.29, 0.717) is 28.9 Å². The molecule has 0 bridgehead atoms. The number of aliphatic hydroxyl groups is 1. The predicted molar refractivity (Wildman–Crippen MR) is 141 cm³/mol. The molecule has 0 saturated heterocycles. The molecule has 0 aliphatic heterocycles. The van der Waals surface area contributed by atoms with E-state index >= 15 is 0 Å². The lowest BCUT2D eigenvalue weighted by molar-refractivity contribution is -0.137. The van der Waals surface area contributed by atoms with Gasteiger partial charge in [-0.05, 0) is 56.0 Å². The molecule has 2 rings (SSSR count). The van der Waals surface area contributed by atoms with Crippen molar-refractivity contribution in [2.75, 3.05) is 24.2 Å². The highest BCUT2D eigenvalue weighted by Crippen LogP contribution is 2.31. The Morgan fingerprint density at radius 2 is 1.81 bits per heavy atom. The van der Waals surface area contributed by atoms with Crippen LogP contribution in [-0.4, -0.2) is 60.5 Å². The summed E-state index contributed by atoms with van der Waals surface area (Å²) in [6, 6.07) is 5.63. The van der Waals surface area contributed by atoms with Gasteiger partial charge in [-0.2, -0.15) is 0 Å². The number of nitrogens with two attached hydrogens (primary N) is 1. The van der Waals surface area contributed by atoms with Crippen LogP contribution in [-0.2, 0) is 14.8 Å². The van der Waals surface area contributed by atoms with Crippen LogP contribution in [0.1, 0.15) is 63.6 Å². The number of carbonyl (C=O) groups is 1. The summed E-state index contributed by atoms with van der Waals surface area (Å²) < 4.78 is 38.6. The second-order valence-corrected chi connectivity index (χ2v) is 10.6. The van der Waals surface area contributed by atoms with E-state index in [9.17, 15) is 22.7 Å². The Balaban J connectivity index is 0.00000150. The molecule has 0 spiro atoms. The van der Waals surface area contributed by atoms with Crippen LogP contribution in [0.3, 0.4) is 0 Å². The quantitative estimate of drug-likeness (QED) is 0.402. The number of aliphatic hydroxyl groups excluding tert-OH is 1. The summed E-state index contributed by atoms with van der Waals surface area (Å²) in [6.07, 6.45) is 4.97. The van der Waals surface area contributed by atoms with Crippen molar-refractivity contribution in [3.05, 3.63) is 47.4 Å². The van der Waals surface area contributed by atoms with E-state index in [4.69, 9.17) is 10.8 Å². The van der Waals surface area contributed by atoms with E-state index in [2.05, 4.69) is 16.9 Å². The molecule has 1 heterocycles. The second-order valence-electron chi connectivity index (χ2n) is 8.56. The highest BCUT2D eigenvalue weighted by Gasteiger charge is 2.22. The van der Waals surface area contributed by atoms with Crippen LogP contribution >= 0.6 is 0 Å². The minimum Gasteiger partial charge on any atom is -0.481 e. The zero-order valence-corrected chi connectivity index (χ0v) is 22.3. The van der Waals surface area contributed by atoms with Gasteiger partial charge >= 0.3 is 5.97 Å². The van der Waals surface area contributed by atoms with Gasteiger partial charge in [-0.1, -0.05) is 32.9 Å². The third-order valence-corrected chi connectivity index (χ3v) is 6.23. The summed E-state index contributed by atoms with van der Waals surface area (Å²) in [7, 11) is -2.27. The summed E-state index contributed by atoms with van der Waals surface area (Å²) in [6.45, 7) is 6.66. The first-order valence-corrected chi connectivity index (χ1v) is 13.6. The zero-order valence-electron chi connectivity index (χ0n) is 21.5. The van der Waals surface area contributed by atoms with Crippen LogP contribution in [0.4, 0.5) is 10.3 Å². The summed E-state index contributed by atoms with van der Waals surface area (Å²) in [5.41, 5.74) is 7.09. The maximum atomic E-state index is 13.5. The molecule has 1 aromatic carbocycles. The van der Waals surface area contributed by atoms with Gasteiger partial charge in [0.25, 0.3) is 0 Å². The summed E-state index contributed by atoms with van der Waals surface area (Å²) >= 11 is 0. The smallest absolute Gasteiger partial charge is 0.303 e. The van der Waals surface area contributed by atoms with E-state index in [1.54, 1.807) is 6.08 Å². The van der Waals surface area contributed by atoms with E-state index in [1.165, 1.54) is 37.4 Å². The number of carboxylic acid groups (broad SMARTS) is 1. The van der Waals surface area contributed by atoms with Gasteiger partial charge in [0.1, 0.15) is 5.82 Å². The van der Waals surface area contributed by atoms with Crippen molar-refractivity contribution < 1.29 is 27.8 Å². The number of benzene rings is 1. The number of nitrogens with zero attached hydrogens (tertiary/aromatic N) is 3. The molecule has 1 atom stereocenters. The zero-order chi connectivity index (χ0) is 27.5. The van der Waals surface area contributed by atoms with Crippen molar-refractivity contribution >= 4 is 28.0 Å². The Morgan fingerprint density at radius 3 is 2.28 bits per heavy atom. The third-order valence-electron chi connectivity index (χ3n) is 5.07. The predicted octanol–water partition coefficient (Wildman–Crippen LogP) is 3.79. The molecule has 0 amide bonds. The number of hydrogen-bond acceptors (Lipinski definition) is 7. The largest absolute Gasteiger partial charge is 0.481 e. The lowest BCUT2D eigenvalue weighted by atomic mass is 9.97. The molecule has 200 valence electrons. The van der Waals surface area contributed by atoms with Crippen LogP contribution in [0.5, 0.6) is 0 Å². The van der Waals surface area contributed by atoms with E-state index in [-0.39, 0.29) is 24.7 Å². The van der Waals surface area contributed by atoms with Gasteiger partial charge in [0.2, 0.25) is 16.0 Å². The van der Waals surface area contributed by atoms with Crippen molar-refractivity contribution in [2.24, 2.45) is 5.73 Å².